The number of fused-ring (bicyclic) bond motifs is 1. The van der Waals surface area contributed by atoms with Crippen LogP contribution in [0.4, 0.5) is 0 Å². The van der Waals surface area contributed by atoms with Gasteiger partial charge in [0, 0.05) is 40.4 Å². The molecule has 163 valence electrons. The third-order valence-corrected chi connectivity index (χ3v) is 6.66. The molecular weight excluding hydrogens is 435 g/mol. The topological polar surface area (TPSA) is 114 Å². The molecule has 1 aromatic carbocycles. The van der Waals surface area contributed by atoms with E-state index in [0.29, 0.717) is 22.8 Å². The largest absolute Gasteiger partial charge is 0.493 e. The first-order valence-corrected chi connectivity index (χ1v) is 10.0. The summed E-state index contributed by atoms with van der Waals surface area (Å²) in [5.41, 5.74) is 0.642. The number of nitrogens with zero attached hydrogens (tertiary/aromatic N) is 1. The van der Waals surface area contributed by atoms with Crippen LogP contribution < -0.4 is 19.5 Å². The number of nitrogens with one attached hydrogen (secondary N) is 1. The van der Waals surface area contributed by atoms with Crippen molar-refractivity contribution in [3.8, 4) is 17.2 Å². The van der Waals surface area contributed by atoms with Crippen LogP contribution in [-0.2, 0) is 14.4 Å². The molecule has 1 aromatic rings. The van der Waals surface area contributed by atoms with Crippen molar-refractivity contribution in [2.75, 3.05) is 21.3 Å². The minimum absolute atomic E-state index is 0. The number of aliphatic carboxylic acids is 1. The Bertz CT molecular complexity index is 896. The predicted molar refractivity (Wildman–Crippen MR) is 117 cm³/mol. The SMILES string of the molecule is COc1cc(C=CC(=O)N[C@@H]2C(=O)N3[C@@H]2SC(C)(C)[C@@H]3C(=O)O)cc(OC)c1OC.[Na]. The number of hydrogen-bond donors (Lipinski definition) is 2. The van der Waals surface area contributed by atoms with Gasteiger partial charge in [0.25, 0.3) is 0 Å². The standard InChI is InChI=1S/C20H24N2O7S.Na/c1-20(2)16(19(25)26)22-17(24)14(18(22)30-20)21-13(23)7-6-10-8-11(27-3)15(29-5)12(9-10)28-4;/h6-9,14,16,18H,1-5H3,(H,21,23)(H,25,26);/t14-,16+,18-;/m1./s1. The minimum Gasteiger partial charge on any atom is -0.493 e. The molecule has 9 nitrogen and oxygen atoms in total. The van der Waals surface area contributed by atoms with Gasteiger partial charge in [-0.15, -0.1) is 11.8 Å². The summed E-state index contributed by atoms with van der Waals surface area (Å²) < 4.78 is 15.2. The van der Waals surface area contributed by atoms with E-state index in [0.717, 1.165) is 0 Å². The maximum Gasteiger partial charge on any atom is 0.327 e. The summed E-state index contributed by atoms with van der Waals surface area (Å²) in [5.74, 6) is -0.554. The van der Waals surface area contributed by atoms with Crippen LogP contribution in [0.3, 0.4) is 0 Å². The van der Waals surface area contributed by atoms with Crippen molar-refractivity contribution < 1.29 is 33.7 Å². The Labute approximate surface area is 206 Å². The monoisotopic (exact) mass is 459 g/mol. The molecule has 3 rings (SSSR count). The second-order valence-corrected chi connectivity index (χ2v) is 9.15. The van der Waals surface area contributed by atoms with E-state index < -0.39 is 34.1 Å². The molecule has 0 aromatic heterocycles. The van der Waals surface area contributed by atoms with Gasteiger partial charge in [0.2, 0.25) is 17.6 Å². The molecule has 0 saturated carbocycles. The molecule has 0 aliphatic carbocycles. The van der Waals surface area contributed by atoms with E-state index in [2.05, 4.69) is 5.32 Å². The molecule has 0 bridgehead atoms. The Kier molecular flexibility index (Phi) is 7.96. The quantitative estimate of drug-likeness (QED) is 0.352. The van der Waals surface area contributed by atoms with E-state index in [1.165, 1.54) is 44.1 Å². The van der Waals surface area contributed by atoms with Gasteiger partial charge in [-0.25, -0.2) is 4.79 Å². The summed E-state index contributed by atoms with van der Waals surface area (Å²) in [4.78, 5) is 37.7. The Morgan fingerprint density at radius 3 is 2.23 bits per heavy atom. The predicted octanol–water partition coefficient (Wildman–Crippen LogP) is 0.976. The number of thioether (sulfide) groups is 1. The van der Waals surface area contributed by atoms with Crippen LogP contribution in [0.5, 0.6) is 17.2 Å². The number of carbonyl (C=O) groups excluding carboxylic acids is 2. The molecule has 2 aliphatic heterocycles. The van der Waals surface area contributed by atoms with Gasteiger partial charge < -0.3 is 29.5 Å². The molecule has 1 radical (unpaired) electrons. The van der Waals surface area contributed by atoms with Gasteiger partial charge in [-0.05, 0) is 37.6 Å². The average molecular weight is 459 g/mol. The van der Waals surface area contributed by atoms with Crippen molar-refractivity contribution in [3.05, 3.63) is 23.8 Å². The van der Waals surface area contributed by atoms with Gasteiger partial charge in [-0.1, -0.05) is 0 Å². The number of amides is 2. The summed E-state index contributed by atoms with van der Waals surface area (Å²) in [6, 6.07) is 1.71. The molecule has 2 fully saturated rings. The molecule has 31 heavy (non-hydrogen) atoms. The average Bonchev–Trinajstić information content (AvgIpc) is 2.97. The van der Waals surface area contributed by atoms with Crippen LogP contribution in [0, 0.1) is 0 Å². The number of carboxylic acids is 1. The second kappa shape index (κ2) is 9.72. The summed E-state index contributed by atoms with van der Waals surface area (Å²) in [6.07, 6.45) is 2.86. The first-order chi connectivity index (χ1) is 14.1. The molecule has 2 N–H and O–H groups in total. The Morgan fingerprint density at radius 1 is 1.16 bits per heavy atom. The molecule has 2 amide bonds. The van der Waals surface area contributed by atoms with Gasteiger partial charge >= 0.3 is 5.97 Å². The van der Waals surface area contributed by atoms with Crippen LogP contribution in [0.15, 0.2) is 18.2 Å². The van der Waals surface area contributed by atoms with Gasteiger partial charge in [0.15, 0.2) is 11.5 Å². The van der Waals surface area contributed by atoms with Crippen molar-refractivity contribution in [3.63, 3.8) is 0 Å². The fraction of sp³-hybridized carbons (Fsp3) is 0.450. The molecule has 2 saturated heterocycles. The fourth-order valence-electron chi connectivity index (χ4n) is 3.72. The van der Waals surface area contributed by atoms with Gasteiger partial charge in [0.1, 0.15) is 17.5 Å². The van der Waals surface area contributed by atoms with E-state index in [9.17, 15) is 19.5 Å². The van der Waals surface area contributed by atoms with Crippen molar-refractivity contribution >= 4 is 65.2 Å². The number of methoxy groups -OCH3 is 3. The minimum atomic E-state index is -1.05. The smallest absolute Gasteiger partial charge is 0.327 e. The van der Waals surface area contributed by atoms with Crippen molar-refractivity contribution in [1.29, 1.82) is 0 Å². The zero-order valence-electron chi connectivity index (χ0n) is 18.3. The fourth-order valence-corrected chi connectivity index (χ4v) is 5.34. The second-order valence-electron chi connectivity index (χ2n) is 7.38. The van der Waals surface area contributed by atoms with Crippen molar-refractivity contribution in [1.82, 2.24) is 10.2 Å². The van der Waals surface area contributed by atoms with Gasteiger partial charge in [0.05, 0.1) is 21.3 Å². The van der Waals surface area contributed by atoms with Crippen molar-refractivity contribution in [2.24, 2.45) is 0 Å². The zero-order chi connectivity index (χ0) is 22.2. The van der Waals surface area contributed by atoms with Crippen molar-refractivity contribution in [2.45, 2.75) is 36.1 Å². The summed E-state index contributed by atoms with van der Waals surface area (Å²) >= 11 is 1.37. The van der Waals surface area contributed by atoms with E-state index in [4.69, 9.17) is 14.2 Å². The Balaban J connectivity index is 0.00000341. The normalized spacial score (nSPS) is 23.5. The molecule has 0 unspecified atom stereocenters. The molecule has 0 spiro atoms. The summed E-state index contributed by atoms with van der Waals surface area (Å²) in [6.45, 7) is 3.57. The van der Waals surface area contributed by atoms with Crippen LogP contribution >= 0.6 is 11.8 Å². The van der Waals surface area contributed by atoms with E-state index in [1.54, 1.807) is 32.1 Å². The van der Waals surface area contributed by atoms with Gasteiger partial charge in [-0.3, -0.25) is 9.59 Å². The van der Waals surface area contributed by atoms with E-state index in [-0.39, 0.29) is 35.5 Å². The number of carboxylic acid groups (broad SMARTS) is 1. The number of ether oxygens (including phenoxy) is 3. The first-order valence-electron chi connectivity index (χ1n) is 9.16. The summed E-state index contributed by atoms with van der Waals surface area (Å²) in [5, 5.41) is 11.7. The van der Waals surface area contributed by atoms with Gasteiger partial charge in [-0.2, -0.15) is 0 Å². The Hall–Kier alpha value is -1.88. The van der Waals surface area contributed by atoms with Crippen LogP contribution in [0.25, 0.3) is 6.08 Å². The number of hydrogen-bond acceptors (Lipinski definition) is 7. The zero-order valence-corrected chi connectivity index (χ0v) is 21.1. The van der Waals surface area contributed by atoms with Crippen LogP contribution in [-0.4, -0.2) is 101 Å². The van der Waals surface area contributed by atoms with Crippen LogP contribution in [0.2, 0.25) is 0 Å². The molecular formula is C20H24N2NaO7S. The molecule has 3 atom stereocenters. The molecule has 2 aliphatic rings. The maximum atomic E-state index is 12.5. The first kappa shape index (κ1) is 25.4. The number of rotatable bonds is 7. The van der Waals surface area contributed by atoms with E-state index in [1.807, 2.05) is 0 Å². The molecule has 11 heteroatoms. The summed E-state index contributed by atoms with van der Waals surface area (Å²) in [7, 11) is 4.49. The number of carbonyl (C=O) groups is 3. The van der Waals surface area contributed by atoms with E-state index >= 15 is 0 Å². The van der Waals surface area contributed by atoms with Crippen LogP contribution in [0.1, 0.15) is 19.4 Å². The number of β-lactam (4-membered cyclic amide) rings is 1. The Morgan fingerprint density at radius 2 is 1.74 bits per heavy atom. The third-order valence-electron chi connectivity index (χ3n) is 5.09. The number of benzene rings is 1. The molecule has 2 heterocycles. The maximum absolute atomic E-state index is 12.5. The third kappa shape index (κ3) is 4.67.